The van der Waals surface area contributed by atoms with Gasteiger partial charge in [0.15, 0.2) is 0 Å². The third kappa shape index (κ3) is 3.29. The first-order valence-electron chi connectivity index (χ1n) is 7.05. The lowest BCUT2D eigenvalue weighted by Crippen LogP contribution is -2.24. The highest BCUT2D eigenvalue weighted by molar-refractivity contribution is 5.99. The van der Waals surface area contributed by atoms with E-state index in [1.807, 2.05) is 6.07 Å². The average molecular weight is 287 g/mol. The maximum atomic E-state index is 11.1. The summed E-state index contributed by atoms with van der Waals surface area (Å²) in [5, 5.41) is 15.9. The van der Waals surface area contributed by atoms with Crippen LogP contribution in [0.15, 0.2) is 30.6 Å². The molecule has 0 aliphatic heterocycles. The van der Waals surface area contributed by atoms with E-state index in [9.17, 15) is 10.1 Å². The average Bonchev–Trinajstić information content (AvgIpc) is 2.42. The van der Waals surface area contributed by atoms with Gasteiger partial charge in [-0.15, -0.1) is 0 Å². The van der Waals surface area contributed by atoms with Crippen molar-refractivity contribution in [3.63, 3.8) is 0 Å². The number of non-ortho nitro benzene ring substituents is 1. The first-order valence-corrected chi connectivity index (χ1v) is 7.05. The van der Waals surface area contributed by atoms with Crippen LogP contribution in [0.3, 0.4) is 0 Å². The Hall–Kier alpha value is -2.17. The van der Waals surface area contributed by atoms with E-state index >= 15 is 0 Å². The van der Waals surface area contributed by atoms with Crippen LogP contribution in [-0.4, -0.2) is 16.5 Å². The van der Waals surface area contributed by atoms with Crippen molar-refractivity contribution < 1.29 is 4.92 Å². The van der Waals surface area contributed by atoms with Crippen molar-refractivity contribution in [2.75, 3.05) is 11.9 Å². The fraction of sp³-hybridized carbons (Fsp3) is 0.438. The van der Waals surface area contributed by atoms with Gasteiger partial charge < -0.3 is 5.32 Å². The minimum Gasteiger partial charge on any atom is -0.384 e. The number of hydrogen-bond acceptors (Lipinski definition) is 4. The zero-order valence-corrected chi connectivity index (χ0v) is 12.9. The number of nitrogens with one attached hydrogen (secondary N) is 1. The Kier molecular flexibility index (Phi) is 4.11. The lowest BCUT2D eigenvalue weighted by Gasteiger charge is -2.28. The van der Waals surface area contributed by atoms with Crippen molar-refractivity contribution in [1.82, 2.24) is 4.98 Å². The summed E-state index contributed by atoms with van der Waals surface area (Å²) in [5.41, 5.74) is 1.21. The number of nitrogens with zero attached hydrogens (tertiary/aromatic N) is 2. The van der Waals surface area contributed by atoms with Gasteiger partial charge in [0, 0.05) is 36.1 Å². The highest BCUT2D eigenvalue weighted by Gasteiger charge is 2.20. The molecule has 0 spiro atoms. The van der Waals surface area contributed by atoms with Gasteiger partial charge >= 0.3 is 0 Å². The van der Waals surface area contributed by atoms with Crippen LogP contribution in [0.1, 0.15) is 27.7 Å². The molecule has 0 amide bonds. The topological polar surface area (TPSA) is 68.1 Å². The second-order valence-electron chi connectivity index (χ2n) is 6.46. The number of pyridine rings is 1. The summed E-state index contributed by atoms with van der Waals surface area (Å²) >= 11 is 0. The number of fused-ring (bicyclic) bond motifs is 1. The minimum atomic E-state index is -0.369. The van der Waals surface area contributed by atoms with Gasteiger partial charge in [-0.1, -0.05) is 27.7 Å². The number of nitro groups is 1. The molecule has 5 nitrogen and oxygen atoms in total. The summed E-state index contributed by atoms with van der Waals surface area (Å²) in [5.74, 6) is 0.476. The number of rotatable bonds is 4. The predicted octanol–water partition coefficient (Wildman–Crippen LogP) is 4.24. The SMILES string of the molecule is CC(CNc1ccc([N+](=O)[O-])c2cnccc12)C(C)(C)C. The van der Waals surface area contributed by atoms with Gasteiger partial charge in [-0.3, -0.25) is 15.1 Å². The third-order valence-corrected chi connectivity index (χ3v) is 4.07. The quantitative estimate of drug-likeness (QED) is 0.674. The lowest BCUT2D eigenvalue weighted by molar-refractivity contribution is -0.383. The number of nitro benzene ring substituents is 1. The molecule has 0 saturated heterocycles. The highest BCUT2D eigenvalue weighted by atomic mass is 16.6. The van der Waals surface area contributed by atoms with E-state index in [-0.39, 0.29) is 16.0 Å². The van der Waals surface area contributed by atoms with Crippen molar-refractivity contribution in [1.29, 1.82) is 0 Å². The van der Waals surface area contributed by atoms with Gasteiger partial charge in [0.1, 0.15) is 0 Å². The van der Waals surface area contributed by atoms with E-state index in [0.29, 0.717) is 11.3 Å². The van der Waals surface area contributed by atoms with E-state index in [2.05, 4.69) is 38.0 Å². The van der Waals surface area contributed by atoms with Crippen LogP contribution in [0.25, 0.3) is 10.8 Å². The van der Waals surface area contributed by atoms with Crippen LogP contribution in [0.5, 0.6) is 0 Å². The summed E-state index contributed by atoms with van der Waals surface area (Å²) in [7, 11) is 0. The molecule has 0 radical (unpaired) electrons. The zero-order chi connectivity index (χ0) is 15.6. The molecule has 1 N–H and O–H groups in total. The van der Waals surface area contributed by atoms with Gasteiger partial charge in [-0.25, -0.2) is 0 Å². The summed E-state index contributed by atoms with van der Waals surface area (Å²) < 4.78 is 0. The van der Waals surface area contributed by atoms with Crippen LogP contribution in [0, 0.1) is 21.4 Å². The summed E-state index contributed by atoms with van der Waals surface area (Å²) in [6, 6.07) is 5.12. The molecular weight excluding hydrogens is 266 g/mol. The lowest BCUT2D eigenvalue weighted by atomic mass is 9.82. The number of benzene rings is 1. The maximum absolute atomic E-state index is 11.1. The number of hydrogen-bond donors (Lipinski definition) is 1. The minimum absolute atomic E-state index is 0.0903. The zero-order valence-electron chi connectivity index (χ0n) is 12.9. The molecule has 0 bridgehead atoms. The summed E-state index contributed by atoms with van der Waals surface area (Å²) in [4.78, 5) is 14.7. The van der Waals surface area contributed by atoms with Crippen molar-refractivity contribution in [3.05, 3.63) is 40.7 Å². The van der Waals surface area contributed by atoms with Gasteiger partial charge in [0.25, 0.3) is 5.69 Å². The van der Waals surface area contributed by atoms with Crippen molar-refractivity contribution >= 4 is 22.1 Å². The van der Waals surface area contributed by atoms with Crippen LogP contribution < -0.4 is 5.32 Å². The first-order chi connectivity index (χ1) is 9.80. The molecule has 112 valence electrons. The third-order valence-electron chi connectivity index (χ3n) is 4.07. The van der Waals surface area contributed by atoms with Gasteiger partial charge in [-0.05, 0) is 23.5 Å². The predicted molar refractivity (Wildman–Crippen MR) is 85.5 cm³/mol. The Labute approximate surface area is 124 Å². The van der Waals surface area contributed by atoms with Crippen LogP contribution in [0.4, 0.5) is 11.4 Å². The van der Waals surface area contributed by atoms with E-state index in [1.54, 1.807) is 18.5 Å². The molecule has 1 unspecified atom stereocenters. The molecule has 5 heteroatoms. The molecule has 1 aromatic heterocycles. The van der Waals surface area contributed by atoms with Crippen LogP contribution >= 0.6 is 0 Å². The summed E-state index contributed by atoms with van der Waals surface area (Å²) in [6.45, 7) is 9.63. The molecule has 2 rings (SSSR count). The largest absolute Gasteiger partial charge is 0.384 e. The van der Waals surface area contributed by atoms with E-state index in [0.717, 1.165) is 17.6 Å². The Balaban J connectivity index is 2.34. The fourth-order valence-electron chi connectivity index (χ4n) is 2.06. The maximum Gasteiger partial charge on any atom is 0.278 e. The van der Waals surface area contributed by atoms with Crippen LogP contribution in [-0.2, 0) is 0 Å². The molecule has 1 aromatic carbocycles. The first kappa shape index (κ1) is 15.2. The standard InChI is InChI=1S/C16H21N3O2/c1-11(16(2,3)4)9-18-14-5-6-15(19(20)21)13-10-17-8-7-12(13)14/h5-8,10-11,18H,9H2,1-4H3. The Morgan fingerprint density at radius 2 is 2.00 bits per heavy atom. The molecule has 21 heavy (non-hydrogen) atoms. The van der Waals surface area contributed by atoms with Crippen molar-refractivity contribution in [2.45, 2.75) is 27.7 Å². The molecule has 0 saturated carbocycles. The second kappa shape index (κ2) is 5.68. The molecule has 1 atom stereocenters. The van der Waals surface area contributed by atoms with Gasteiger partial charge in [0.2, 0.25) is 0 Å². The number of anilines is 1. The summed E-state index contributed by atoms with van der Waals surface area (Å²) in [6.07, 6.45) is 3.20. The Morgan fingerprint density at radius 1 is 1.29 bits per heavy atom. The second-order valence-corrected chi connectivity index (χ2v) is 6.46. The van der Waals surface area contributed by atoms with E-state index in [1.165, 1.54) is 6.07 Å². The van der Waals surface area contributed by atoms with E-state index in [4.69, 9.17) is 0 Å². The van der Waals surface area contributed by atoms with Gasteiger partial charge in [-0.2, -0.15) is 0 Å². The molecule has 0 aliphatic carbocycles. The van der Waals surface area contributed by atoms with Crippen molar-refractivity contribution in [3.8, 4) is 0 Å². The normalized spacial score (nSPS) is 13.1. The molecular formula is C16H21N3O2. The van der Waals surface area contributed by atoms with E-state index < -0.39 is 0 Å². The Morgan fingerprint density at radius 3 is 2.62 bits per heavy atom. The van der Waals surface area contributed by atoms with Gasteiger partial charge in [0.05, 0.1) is 10.3 Å². The van der Waals surface area contributed by atoms with Crippen LogP contribution in [0.2, 0.25) is 0 Å². The monoisotopic (exact) mass is 287 g/mol. The molecule has 0 fully saturated rings. The smallest absolute Gasteiger partial charge is 0.278 e. The highest BCUT2D eigenvalue weighted by Crippen LogP contribution is 2.32. The fourth-order valence-corrected chi connectivity index (χ4v) is 2.06. The molecule has 0 aliphatic rings. The molecule has 2 aromatic rings. The Bertz CT molecular complexity index is 662. The van der Waals surface area contributed by atoms with Crippen molar-refractivity contribution in [2.24, 2.45) is 11.3 Å². The molecule has 1 heterocycles. The number of aromatic nitrogens is 1.